The predicted molar refractivity (Wildman–Crippen MR) is 78.7 cm³/mol. The van der Waals surface area contributed by atoms with E-state index in [1.807, 2.05) is 23.9 Å². The second kappa shape index (κ2) is 6.70. The van der Waals surface area contributed by atoms with Gasteiger partial charge in [0.25, 0.3) is 0 Å². The summed E-state index contributed by atoms with van der Waals surface area (Å²) in [5, 5.41) is 5.05. The summed E-state index contributed by atoms with van der Waals surface area (Å²) < 4.78 is 7.09. The first kappa shape index (κ1) is 14.1. The van der Waals surface area contributed by atoms with Crippen LogP contribution in [0.1, 0.15) is 11.4 Å². The number of alkyl halides is 1. The minimum atomic E-state index is 0.495. The molecule has 0 radical (unpaired) electrons. The lowest BCUT2D eigenvalue weighted by molar-refractivity contribution is 0.413. The van der Waals surface area contributed by atoms with Gasteiger partial charge >= 0.3 is 0 Å². The van der Waals surface area contributed by atoms with Gasteiger partial charge in [0, 0.05) is 18.8 Å². The summed E-state index contributed by atoms with van der Waals surface area (Å²) in [5.74, 6) is 2.42. The van der Waals surface area contributed by atoms with Crippen molar-refractivity contribution < 1.29 is 4.74 Å². The molecule has 0 aliphatic rings. The summed E-state index contributed by atoms with van der Waals surface area (Å²) in [6, 6.07) is 8.22. The molecule has 0 bridgehead atoms. The van der Waals surface area contributed by atoms with Crippen LogP contribution in [-0.4, -0.2) is 27.2 Å². The van der Waals surface area contributed by atoms with Crippen molar-refractivity contribution in [2.24, 2.45) is 13.0 Å². The highest BCUT2D eigenvalue weighted by molar-refractivity contribution is 9.09. The van der Waals surface area contributed by atoms with E-state index < -0.39 is 0 Å². The van der Waals surface area contributed by atoms with Gasteiger partial charge in [0.1, 0.15) is 17.9 Å². The van der Waals surface area contributed by atoms with E-state index in [1.54, 1.807) is 13.4 Å². The summed E-state index contributed by atoms with van der Waals surface area (Å²) in [5.41, 5.74) is 1.28. The Morgan fingerprint density at radius 1 is 1.37 bits per heavy atom. The third kappa shape index (κ3) is 3.80. The molecule has 1 heterocycles. The number of aromatic nitrogens is 3. The van der Waals surface area contributed by atoms with Gasteiger partial charge in [-0.25, -0.2) is 4.98 Å². The molecule has 1 atom stereocenters. The number of benzene rings is 1. The van der Waals surface area contributed by atoms with Crippen molar-refractivity contribution in [1.29, 1.82) is 0 Å². The molecule has 0 N–H and O–H groups in total. The third-order valence-electron chi connectivity index (χ3n) is 3.15. The van der Waals surface area contributed by atoms with Gasteiger partial charge in [-0.1, -0.05) is 28.1 Å². The quantitative estimate of drug-likeness (QED) is 0.767. The fourth-order valence-electron chi connectivity index (χ4n) is 2.08. The van der Waals surface area contributed by atoms with Crippen molar-refractivity contribution in [3.8, 4) is 5.75 Å². The Morgan fingerprint density at radius 3 is 2.84 bits per heavy atom. The van der Waals surface area contributed by atoms with E-state index in [0.717, 1.165) is 29.7 Å². The summed E-state index contributed by atoms with van der Waals surface area (Å²) in [6.45, 7) is 0. The maximum atomic E-state index is 5.26. The van der Waals surface area contributed by atoms with E-state index in [0.29, 0.717) is 5.92 Å². The van der Waals surface area contributed by atoms with Gasteiger partial charge in [-0.05, 0) is 30.0 Å². The fraction of sp³-hybridized carbons (Fsp3) is 0.429. The average Bonchev–Trinajstić information content (AvgIpc) is 2.83. The van der Waals surface area contributed by atoms with Crippen LogP contribution in [0.5, 0.6) is 5.75 Å². The van der Waals surface area contributed by atoms with Crippen LogP contribution in [0.15, 0.2) is 30.6 Å². The van der Waals surface area contributed by atoms with E-state index in [-0.39, 0.29) is 0 Å². The van der Waals surface area contributed by atoms with Crippen LogP contribution in [0.3, 0.4) is 0 Å². The molecule has 0 amide bonds. The Balaban J connectivity index is 2.04. The molecule has 1 unspecified atom stereocenters. The molecule has 0 fully saturated rings. The fourth-order valence-corrected chi connectivity index (χ4v) is 2.54. The number of methoxy groups -OCH3 is 1. The zero-order valence-electron chi connectivity index (χ0n) is 11.2. The van der Waals surface area contributed by atoms with E-state index in [1.165, 1.54) is 5.56 Å². The lowest BCUT2D eigenvalue weighted by atomic mass is 9.97. The first-order chi connectivity index (χ1) is 9.22. The smallest absolute Gasteiger partial charge is 0.138 e. The molecule has 2 rings (SSSR count). The summed E-state index contributed by atoms with van der Waals surface area (Å²) in [7, 11) is 3.62. The highest BCUT2D eigenvalue weighted by Crippen LogP contribution is 2.19. The molecule has 4 nitrogen and oxygen atoms in total. The maximum absolute atomic E-state index is 5.26. The van der Waals surface area contributed by atoms with Crippen molar-refractivity contribution in [2.75, 3.05) is 12.4 Å². The van der Waals surface area contributed by atoms with Crippen molar-refractivity contribution in [1.82, 2.24) is 14.8 Å². The largest absolute Gasteiger partial charge is 0.497 e. The minimum absolute atomic E-state index is 0.495. The van der Waals surface area contributed by atoms with Crippen molar-refractivity contribution in [3.05, 3.63) is 42.0 Å². The van der Waals surface area contributed by atoms with E-state index in [9.17, 15) is 0 Å². The van der Waals surface area contributed by atoms with Crippen LogP contribution in [0.25, 0.3) is 0 Å². The Kier molecular flexibility index (Phi) is 4.96. The maximum Gasteiger partial charge on any atom is 0.138 e. The van der Waals surface area contributed by atoms with Crippen LogP contribution in [0, 0.1) is 5.92 Å². The molecule has 19 heavy (non-hydrogen) atoms. The molecule has 0 aliphatic carbocycles. The van der Waals surface area contributed by atoms with Crippen LogP contribution in [-0.2, 0) is 19.9 Å². The number of hydrogen-bond acceptors (Lipinski definition) is 3. The summed E-state index contributed by atoms with van der Waals surface area (Å²) in [4.78, 5) is 4.29. The molecule has 1 aromatic carbocycles. The van der Waals surface area contributed by atoms with Crippen LogP contribution >= 0.6 is 15.9 Å². The van der Waals surface area contributed by atoms with Gasteiger partial charge < -0.3 is 4.74 Å². The second-order valence-corrected chi connectivity index (χ2v) is 5.23. The molecule has 2 aromatic rings. The lowest BCUT2D eigenvalue weighted by Gasteiger charge is -2.14. The SMILES string of the molecule is COc1cccc(CC(CBr)Cc2ncnn2C)c1. The number of halogens is 1. The Morgan fingerprint density at radius 2 is 2.21 bits per heavy atom. The second-order valence-electron chi connectivity index (χ2n) is 4.58. The van der Waals surface area contributed by atoms with E-state index in [2.05, 4.69) is 38.1 Å². The molecular formula is C14H18BrN3O. The van der Waals surface area contributed by atoms with Crippen molar-refractivity contribution >= 4 is 15.9 Å². The van der Waals surface area contributed by atoms with Crippen LogP contribution in [0.2, 0.25) is 0 Å². The molecule has 0 saturated carbocycles. The monoisotopic (exact) mass is 323 g/mol. The zero-order valence-corrected chi connectivity index (χ0v) is 12.8. The van der Waals surface area contributed by atoms with Gasteiger partial charge in [-0.2, -0.15) is 5.10 Å². The van der Waals surface area contributed by atoms with E-state index >= 15 is 0 Å². The predicted octanol–water partition coefficient (Wildman–Crippen LogP) is 2.62. The first-order valence-corrected chi connectivity index (χ1v) is 7.37. The van der Waals surface area contributed by atoms with Gasteiger partial charge in [0.2, 0.25) is 0 Å². The lowest BCUT2D eigenvalue weighted by Crippen LogP contribution is -2.13. The summed E-state index contributed by atoms with van der Waals surface area (Å²) in [6.07, 6.45) is 3.51. The standard InChI is InChI=1S/C14H18BrN3O/c1-18-14(16-10-17-18)8-12(9-15)6-11-4-3-5-13(7-11)19-2/h3-5,7,10,12H,6,8-9H2,1-2H3. The molecule has 0 aliphatic heterocycles. The summed E-state index contributed by atoms with van der Waals surface area (Å²) >= 11 is 3.59. The molecule has 5 heteroatoms. The molecule has 0 saturated heterocycles. The number of hydrogen-bond donors (Lipinski definition) is 0. The van der Waals surface area contributed by atoms with Crippen molar-refractivity contribution in [3.63, 3.8) is 0 Å². The average molecular weight is 324 g/mol. The highest BCUT2D eigenvalue weighted by atomic mass is 79.9. The van der Waals surface area contributed by atoms with Gasteiger partial charge in [-0.3, -0.25) is 4.68 Å². The molecular weight excluding hydrogens is 306 g/mol. The van der Waals surface area contributed by atoms with Gasteiger partial charge in [-0.15, -0.1) is 0 Å². The van der Waals surface area contributed by atoms with E-state index in [4.69, 9.17) is 4.74 Å². The van der Waals surface area contributed by atoms with Crippen LogP contribution in [0.4, 0.5) is 0 Å². The normalized spacial score (nSPS) is 12.4. The highest BCUT2D eigenvalue weighted by Gasteiger charge is 2.13. The first-order valence-electron chi connectivity index (χ1n) is 6.24. The van der Waals surface area contributed by atoms with Gasteiger partial charge in [0.15, 0.2) is 0 Å². The molecule has 1 aromatic heterocycles. The number of nitrogens with zero attached hydrogens (tertiary/aromatic N) is 3. The molecule has 102 valence electrons. The zero-order chi connectivity index (χ0) is 13.7. The Bertz CT molecular complexity index is 527. The minimum Gasteiger partial charge on any atom is -0.497 e. The number of rotatable bonds is 6. The number of ether oxygens (including phenoxy) is 1. The van der Waals surface area contributed by atoms with Crippen LogP contribution < -0.4 is 4.74 Å². The number of aryl methyl sites for hydroxylation is 1. The van der Waals surface area contributed by atoms with Gasteiger partial charge in [0.05, 0.1) is 7.11 Å². The topological polar surface area (TPSA) is 39.9 Å². The molecule has 0 spiro atoms. The van der Waals surface area contributed by atoms with Crippen molar-refractivity contribution in [2.45, 2.75) is 12.8 Å². The Hall–Kier alpha value is -1.36. The third-order valence-corrected chi connectivity index (χ3v) is 4.07. The Labute approximate surface area is 121 Å².